The van der Waals surface area contributed by atoms with E-state index in [0.717, 1.165) is 22.4 Å². The van der Waals surface area contributed by atoms with Crippen molar-refractivity contribution in [3.63, 3.8) is 0 Å². The zero-order valence-electron chi connectivity index (χ0n) is 17.4. The van der Waals surface area contributed by atoms with Crippen molar-refractivity contribution in [1.82, 2.24) is 0 Å². The molecular weight excluding hydrogens is 384 g/mol. The van der Waals surface area contributed by atoms with Gasteiger partial charge in [-0.25, -0.2) is 0 Å². The monoisotopic (exact) mass is 410 g/mol. The largest absolute Gasteiger partial charge is 0.496 e. The van der Waals surface area contributed by atoms with Crippen molar-refractivity contribution in [3.8, 4) is 17.2 Å². The number of carbonyl (C=O) groups is 2. The van der Waals surface area contributed by atoms with Crippen LogP contribution in [0.5, 0.6) is 17.2 Å². The van der Waals surface area contributed by atoms with E-state index in [4.69, 9.17) is 19.3 Å². The Morgan fingerprint density at radius 2 is 1.43 bits per heavy atom. The van der Waals surface area contributed by atoms with Crippen LogP contribution in [-0.2, 0) is 9.59 Å². The molecule has 0 saturated carbocycles. The highest BCUT2D eigenvalue weighted by molar-refractivity contribution is 6.10. The van der Waals surface area contributed by atoms with Crippen molar-refractivity contribution in [2.45, 2.75) is 13.3 Å². The van der Waals surface area contributed by atoms with Crippen LogP contribution in [0.15, 0.2) is 48.6 Å². The summed E-state index contributed by atoms with van der Waals surface area (Å²) >= 11 is 0. The van der Waals surface area contributed by atoms with Crippen LogP contribution in [-0.4, -0.2) is 44.1 Å². The Labute approximate surface area is 176 Å². The van der Waals surface area contributed by atoms with E-state index in [-0.39, 0.29) is 31.2 Å². The first-order valence-electron chi connectivity index (χ1n) is 9.45. The Kier molecular flexibility index (Phi) is 8.84. The van der Waals surface area contributed by atoms with E-state index >= 15 is 0 Å². The Morgan fingerprint density at radius 1 is 0.867 bits per heavy atom. The molecule has 0 aliphatic carbocycles. The van der Waals surface area contributed by atoms with Gasteiger partial charge < -0.3 is 19.3 Å². The summed E-state index contributed by atoms with van der Waals surface area (Å²) in [6.07, 6.45) is 5.82. The molecule has 6 heteroatoms. The van der Waals surface area contributed by atoms with E-state index in [1.54, 1.807) is 37.5 Å². The second kappa shape index (κ2) is 11.6. The zero-order valence-corrected chi connectivity index (χ0v) is 17.4. The molecular formula is C24H26O6. The van der Waals surface area contributed by atoms with E-state index in [2.05, 4.69) is 0 Å². The average molecular weight is 410 g/mol. The molecule has 30 heavy (non-hydrogen) atoms. The number of aryl methyl sites for hydroxylation is 1. The van der Waals surface area contributed by atoms with Crippen LogP contribution in [0.2, 0.25) is 0 Å². The van der Waals surface area contributed by atoms with Crippen molar-refractivity contribution in [1.29, 1.82) is 0 Å². The van der Waals surface area contributed by atoms with E-state index in [1.165, 1.54) is 19.3 Å². The van der Waals surface area contributed by atoms with E-state index in [1.807, 2.05) is 25.1 Å². The number of allylic oxidation sites excluding steroid dienone is 2. The number of rotatable bonds is 11. The van der Waals surface area contributed by atoms with Gasteiger partial charge in [-0.05, 0) is 54.0 Å². The normalized spacial score (nSPS) is 11.1. The number of ether oxygens (including phenoxy) is 3. The van der Waals surface area contributed by atoms with Gasteiger partial charge in [-0.1, -0.05) is 30.4 Å². The molecule has 0 heterocycles. The van der Waals surface area contributed by atoms with Crippen molar-refractivity contribution in [3.05, 3.63) is 65.2 Å². The van der Waals surface area contributed by atoms with Gasteiger partial charge in [0.15, 0.2) is 23.1 Å². The number of carbonyl (C=O) groups excluding carboxylic acids is 2. The van der Waals surface area contributed by atoms with Gasteiger partial charge in [-0.2, -0.15) is 0 Å². The summed E-state index contributed by atoms with van der Waals surface area (Å²) in [5.74, 6) is 1.15. The number of aliphatic hydroxyl groups excluding tert-OH is 1. The molecule has 0 unspecified atom stereocenters. The van der Waals surface area contributed by atoms with Crippen molar-refractivity contribution in [2.75, 3.05) is 27.4 Å². The quantitative estimate of drug-likeness (QED) is 0.450. The lowest BCUT2D eigenvalue weighted by molar-refractivity contribution is -0.121. The van der Waals surface area contributed by atoms with Crippen LogP contribution in [0, 0.1) is 6.92 Å². The van der Waals surface area contributed by atoms with Crippen molar-refractivity contribution < 1.29 is 28.9 Å². The van der Waals surface area contributed by atoms with E-state index in [9.17, 15) is 9.59 Å². The van der Waals surface area contributed by atoms with Crippen LogP contribution >= 0.6 is 0 Å². The third-order valence-corrected chi connectivity index (χ3v) is 4.24. The van der Waals surface area contributed by atoms with Gasteiger partial charge in [0.25, 0.3) is 0 Å². The number of aliphatic hydroxyl groups is 1. The van der Waals surface area contributed by atoms with Crippen LogP contribution in [0.25, 0.3) is 12.2 Å². The van der Waals surface area contributed by atoms with Gasteiger partial charge in [0, 0.05) is 0 Å². The van der Waals surface area contributed by atoms with Crippen LogP contribution < -0.4 is 14.2 Å². The Bertz CT molecular complexity index is 943. The molecule has 0 amide bonds. The zero-order chi connectivity index (χ0) is 21.9. The molecule has 0 spiro atoms. The highest BCUT2D eigenvalue weighted by Crippen LogP contribution is 2.28. The molecule has 1 N–H and O–H groups in total. The first-order valence-corrected chi connectivity index (χ1v) is 9.45. The maximum atomic E-state index is 12.1. The van der Waals surface area contributed by atoms with Crippen molar-refractivity contribution in [2.24, 2.45) is 0 Å². The molecule has 0 bridgehead atoms. The predicted octanol–water partition coefficient (Wildman–Crippen LogP) is 3.64. The second-order valence-corrected chi connectivity index (χ2v) is 6.49. The van der Waals surface area contributed by atoms with Gasteiger partial charge in [-0.3, -0.25) is 9.59 Å². The molecule has 0 aromatic heterocycles. The summed E-state index contributed by atoms with van der Waals surface area (Å²) in [4.78, 5) is 24.2. The van der Waals surface area contributed by atoms with E-state index in [0.29, 0.717) is 11.5 Å². The second-order valence-electron chi connectivity index (χ2n) is 6.49. The fourth-order valence-electron chi connectivity index (χ4n) is 2.67. The fraction of sp³-hybridized carbons (Fsp3) is 0.250. The molecule has 0 saturated heterocycles. The molecule has 0 fully saturated rings. The highest BCUT2D eigenvalue weighted by Gasteiger charge is 2.07. The SMILES string of the molecule is COc1cc(/C=C/C(=O)CC(=O)/C=C/c2ccc(OCCO)c(OC)c2)ccc1C. The van der Waals surface area contributed by atoms with Gasteiger partial charge in [0.05, 0.1) is 27.2 Å². The lowest BCUT2D eigenvalue weighted by atomic mass is 10.1. The van der Waals surface area contributed by atoms with Crippen LogP contribution in [0.1, 0.15) is 23.1 Å². The van der Waals surface area contributed by atoms with Crippen LogP contribution in [0.4, 0.5) is 0 Å². The number of benzene rings is 2. The van der Waals surface area contributed by atoms with Gasteiger partial charge in [0.1, 0.15) is 12.4 Å². The summed E-state index contributed by atoms with van der Waals surface area (Å²) in [6, 6.07) is 10.8. The summed E-state index contributed by atoms with van der Waals surface area (Å²) in [6.45, 7) is 2.00. The summed E-state index contributed by atoms with van der Waals surface area (Å²) in [7, 11) is 3.10. The van der Waals surface area contributed by atoms with Gasteiger partial charge in [-0.15, -0.1) is 0 Å². The summed E-state index contributed by atoms with van der Waals surface area (Å²) in [5, 5.41) is 8.85. The first-order chi connectivity index (χ1) is 14.5. The Balaban J connectivity index is 1.96. The lowest BCUT2D eigenvalue weighted by Gasteiger charge is -2.10. The third-order valence-electron chi connectivity index (χ3n) is 4.24. The van der Waals surface area contributed by atoms with Gasteiger partial charge >= 0.3 is 0 Å². The summed E-state index contributed by atoms with van der Waals surface area (Å²) < 4.78 is 15.9. The average Bonchev–Trinajstić information content (AvgIpc) is 2.75. The minimum atomic E-state index is -0.300. The standard InChI is InChI=1S/C24H26O6/c1-17-4-5-18(14-23(17)28-2)6-9-20(26)16-21(27)10-7-19-8-11-22(30-13-12-25)24(15-19)29-3/h4-11,14-15,25H,12-13,16H2,1-3H3/b9-6+,10-7+. The number of hydrogen-bond acceptors (Lipinski definition) is 6. The molecule has 0 aliphatic rings. The number of hydrogen-bond donors (Lipinski definition) is 1. The Morgan fingerprint density at radius 3 is 2.00 bits per heavy atom. The lowest BCUT2D eigenvalue weighted by Crippen LogP contribution is -2.03. The van der Waals surface area contributed by atoms with Crippen molar-refractivity contribution >= 4 is 23.7 Å². The highest BCUT2D eigenvalue weighted by atomic mass is 16.5. The van der Waals surface area contributed by atoms with E-state index < -0.39 is 0 Å². The molecule has 2 aromatic carbocycles. The molecule has 0 radical (unpaired) electrons. The molecule has 0 atom stereocenters. The predicted molar refractivity (Wildman–Crippen MR) is 116 cm³/mol. The maximum absolute atomic E-state index is 12.1. The van der Waals surface area contributed by atoms with Crippen LogP contribution in [0.3, 0.4) is 0 Å². The molecule has 2 rings (SSSR count). The minimum Gasteiger partial charge on any atom is -0.496 e. The minimum absolute atomic E-state index is 0.0980. The molecule has 2 aromatic rings. The number of methoxy groups -OCH3 is 2. The Hall–Kier alpha value is -3.38. The fourth-order valence-corrected chi connectivity index (χ4v) is 2.67. The topological polar surface area (TPSA) is 82.1 Å². The maximum Gasteiger partial charge on any atom is 0.163 e. The van der Waals surface area contributed by atoms with Gasteiger partial charge in [0.2, 0.25) is 0 Å². The molecule has 0 aliphatic heterocycles. The molecule has 6 nitrogen and oxygen atoms in total. The third kappa shape index (κ3) is 6.90. The number of ketones is 2. The smallest absolute Gasteiger partial charge is 0.163 e. The summed E-state index contributed by atoms with van der Waals surface area (Å²) in [5.41, 5.74) is 2.56. The first kappa shape index (κ1) is 22.9. The molecule has 158 valence electrons.